The van der Waals surface area contributed by atoms with Gasteiger partial charge in [0.1, 0.15) is 0 Å². The van der Waals surface area contributed by atoms with Gasteiger partial charge in [0.15, 0.2) is 0 Å². The van der Waals surface area contributed by atoms with E-state index in [1.54, 1.807) is 0 Å². The maximum atomic E-state index is 9.03. The van der Waals surface area contributed by atoms with Gasteiger partial charge in [0, 0.05) is 5.54 Å². The highest BCUT2D eigenvalue weighted by Crippen LogP contribution is 2.16. The van der Waals surface area contributed by atoms with Gasteiger partial charge in [-0.1, -0.05) is 10.3 Å². The van der Waals surface area contributed by atoms with Gasteiger partial charge in [0.2, 0.25) is 0 Å². The van der Waals surface area contributed by atoms with E-state index in [0.29, 0.717) is 17.3 Å². The minimum absolute atomic E-state index is 0.119. The number of oxime groups is 2. The molecule has 0 rings (SSSR count). The van der Waals surface area contributed by atoms with Gasteiger partial charge in [0.25, 0.3) is 0 Å². The zero-order valence-corrected chi connectivity index (χ0v) is 19.6. The van der Waals surface area contributed by atoms with Crippen molar-refractivity contribution in [2.45, 2.75) is 98.2 Å². The molecule has 0 aliphatic carbocycles. The second-order valence-corrected chi connectivity index (χ2v) is 9.88. The summed E-state index contributed by atoms with van der Waals surface area (Å²) in [6.07, 6.45) is 3.19. The van der Waals surface area contributed by atoms with Crippen molar-refractivity contribution in [2.75, 3.05) is 19.6 Å². The second kappa shape index (κ2) is 11.7. The van der Waals surface area contributed by atoms with Gasteiger partial charge in [-0.25, -0.2) is 0 Å². The van der Waals surface area contributed by atoms with Crippen molar-refractivity contribution < 1.29 is 10.4 Å². The van der Waals surface area contributed by atoms with Crippen LogP contribution in [0.2, 0.25) is 0 Å². The number of rotatable bonds is 13. The highest BCUT2D eigenvalue weighted by Gasteiger charge is 2.23. The smallest absolute Gasteiger partial charge is 0.0734 e. The van der Waals surface area contributed by atoms with E-state index in [1.165, 1.54) is 0 Å². The molecule has 0 aliphatic rings. The summed E-state index contributed by atoms with van der Waals surface area (Å²) in [4.78, 5) is 0. The predicted octanol–water partition coefficient (Wildman–Crippen LogP) is 3.60. The van der Waals surface area contributed by atoms with Gasteiger partial charge >= 0.3 is 0 Å². The largest absolute Gasteiger partial charge is 0.411 e. The van der Waals surface area contributed by atoms with Crippen LogP contribution in [-0.2, 0) is 0 Å². The molecule has 0 amide bonds. The second-order valence-electron chi connectivity index (χ2n) is 9.88. The van der Waals surface area contributed by atoms with E-state index in [1.807, 2.05) is 41.5 Å². The Labute approximate surface area is 172 Å². The molecule has 166 valence electrons. The number of hydrogen-bond donors (Lipinski definition) is 5. The molecule has 0 saturated carbocycles. The zero-order valence-electron chi connectivity index (χ0n) is 19.6. The molecular formula is C21H45N5O2. The summed E-state index contributed by atoms with van der Waals surface area (Å²) in [7, 11) is 0. The van der Waals surface area contributed by atoms with Gasteiger partial charge in [0.05, 0.1) is 22.5 Å². The molecule has 7 nitrogen and oxygen atoms in total. The molecule has 0 heterocycles. The van der Waals surface area contributed by atoms with E-state index < -0.39 is 0 Å². The van der Waals surface area contributed by atoms with Gasteiger partial charge in [-0.05, 0) is 107 Å². The van der Waals surface area contributed by atoms with Crippen LogP contribution >= 0.6 is 0 Å². The molecule has 0 aromatic carbocycles. The molecule has 0 bridgehead atoms. The van der Waals surface area contributed by atoms with E-state index in [9.17, 15) is 0 Å². The molecule has 0 aliphatic heterocycles. The Bertz CT molecular complexity index is 471. The summed E-state index contributed by atoms with van der Waals surface area (Å²) < 4.78 is 0. The van der Waals surface area contributed by atoms with Crippen molar-refractivity contribution in [3.8, 4) is 0 Å². The highest BCUT2D eigenvalue weighted by molar-refractivity contribution is 5.90. The van der Waals surface area contributed by atoms with Crippen molar-refractivity contribution in [1.29, 1.82) is 0 Å². The fourth-order valence-corrected chi connectivity index (χ4v) is 2.77. The van der Waals surface area contributed by atoms with E-state index in [4.69, 9.17) is 10.4 Å². The summed E-state index contributed by atoms with van der Waals surface area (Å²) in [6.45, 7) is 21.0. The fourth-order valence-electron chi connectivity index (χ4n) is 2.77. The summed E-state index contributed by atoms with van der Waals surface area (Å²) in [5.74, 6) is 0.555. The van der Waals surface area contributed by atoms with E-state index >= 15 is 0 Å². The third kappa shape index (κ3) is 11.0. The fraction of sp³-hybridized carbons (Fsp3) is 0.905. The Morgan fingerprint density at radius 3 is 1.29 bits per heavy atom. The maximum Gasteiger partial charge on any atom is 0.0734 e. The number of hydrogen-bond acceptors (Lipinski definition) is 7. The number of nitrogens with one attached hydrogen (secondary N) is 3. The molecule has 28 heavy (non-hydrogen) atoms. The molecule has 0 unspecified atom stereocenters. The molecule has 0 fully saturated rings. The minimum atomic E-state index is -0.322. The Morgan fingerprint density at radius 2 is 1.00 bits per heavy atom. The first-order chi connectivity index (χ1) is 12.7. The Morgan fingerprint density at radius 1 is 0.679 bits per heavy atom. The molecule has 0 aromatic heterocycles. The van der Waals surface area contributed by atoms with Crippen LogP contribution in [0.4, 0.5) is 0 Å². The predicted molar refractivity (Wildman–Crippen MR) is 119 cm³/mol. The minimum Gasteiger partial charge on any atom is -0.411 e. The van der Waals surface area contributed by atoms with Crippen LogP contribution in [0.3, 0.4) is 0 Å². The van der Waals surface area contributed by atoms with Gasteiger partial charge < -0.3 is 26.4 Å². The van der Waals surface area contributed by atoms with Crippen LogP contribution in [0.1, 0.15) is 81.6 Å². The standard InChI is InChI=1S/C21H45N5O2/c1-16(25-27)20(6,7)23-14-11-18(10-13-22-19(3,4)5)12-15-24-21(8,9)17(2)26-28/h18,22-24,27-28H,10-15H2,1-9H3/b25-16-,26-17-. The average Bonchev–Trinajstić information content (AvgIpc) is 2.58. The normalized spacial score (nSPS) is 15.8. The summed E-state index contributed by atoms with van der Waals surface area (Å²) in [6, 6.07) is 0. The van der Waals surface area contributed by atoms with Crippen molar-refractivity contribution >= 4 is 11.4 Å². The van der Waals surface area contributed by atoms with Gasteiger partial charge in [-0.3, -0.25) is 0 Å². The Balaban J connectivity index is 4.70. The van der Waals surface area contributed by atoms with Crippen LogP contribution in [0.25, 0.3) is 0 Å². The van der Waals surface area contributed by atoms with Crippen LogP contribution in [0.15, 0.2) is 10.3 Å². The third-order valence-electron chi connectivity index (χ3n) is 5.56. The van der Waals surface area contributed by atoms with E-state index in [0.717, 1.165) is 38.9 Å². The average molecular weight is 400 g/mol. The van der Waals surface area contributed by atoms with Crippen LogP contribution < -0.4 is 16.0 Å². The van der Waals surface area contributed by atoms with E-state index in [-0.39, 0.29) is 16.6 Å². The molecule has 0 saturated heterocycles. The molecule has 0 radical (unpaired) electrons. The van der Waals surface area contributed by atoms with Crippen LogP contribution in [0.5, 0.6) is 0 Å². The lowest BCUT2D eigenvalue weighted by atomic mass is 9.93. The lowest BCUT2D eigenvalue weighted by Gasteiger charge is -2.29. The first-order valence-corrected chi connectivity index (χ1v) is 10.4. The van der Waals surface area contributed by atoms with Gasteiger partial charge in [-0.2, -0.15) is 0 Å². The zero-order chi connectivity index (χ0) is 22.0. The summed E-state index contributed by atoms with van der Waals surface area (Å²) >= 11 is 0. The Hall–Kier alpha value is -1.18. The van der Waals surface area contributed by atoms with Crippen molar-refractivity contribution in [2.24, 2.45) is 16.2 Å². The first-order valence-electron chi connectivity index (χ1n) is 10.4. The highest BCUT2D eigenvalue weighted by atomic mass is 16.4. The van der Waals surface area contributed by atoms with Crippen molar-refractivity contribution in [3.63, 3.8) is 0 Å². The SMILES string of the molecule is C/C(=N/O)C(C)(C)NCCC(CCNC(C)(C)C)CCNC(C)(C)/C(C)=N\O. The molecule has 0 spiro atoms. The molecule has 5 N–H and O–H groups in total. The van der Waals surface area contributed by atoms with Crippen LogP contribution in [0, 0.1) is 5.92 Å². The summed E-state index contributed by atoms with van der Waals surface area (Å²) in [5.41, 5.74) is 0.839. The van der Waals surface area contributed by atoms with Crippen molar-refractivity contribution in [1.82, 2.24) is 16.0 Å². The van der Waals surface area contributed by atoms with E-state index in [2.05, 4.69) is 47.0 Å². The van der Waals surface area contributed by atoms with Crippen molar-refractivity contribution in [3.05, 3.63) is 0 Å². The molecule has 0 atom stereocenters. The lowest BCUT2D eigenvalue weighted by Crippen LogP contribution is -2.47. The third-order valence-corrected chi connectivity index (χ3v) is 5.56. The van der Waals surface area contributed by atoms with Gasteiger partial charge in [-0.15, -0.1) is 0 Å². The lowest BCUT2D eigenvalue weighted by molar-refractivity contribution is 0.305. The Kier molecular flexibility index (Phi) is 11.2. The first kappa shape index (κ1) is 26.8. The van der Waals surface area contributed by atoms with Crippen LogP contribution in [-0.4, -0.2) is 58.1 Å². The quantitative estimate of drug-likeness (QED) is 0.185. The molecule has 7 heteroatoms. The maximum absolute atomic E-state index is 9.03. The summed E-state index contributed by atoms with van der Waals surface area (Å²) in [5, 5.41) is 35.3. The molecular weight excluding hydrogens is 354 g/mol. The monoisotopic (exact) mass is 399 g/mol. The topological polar surface area (TPSA) is 101 Å². The molecule has 0 aromatic rings. The number of nitrogens with zero attached hydrogens (tertiary/aromatic N) is 2.